The molecule has 0 radical (unpaired) electrons. The molecule has 0 saturated heterocycles. The van der Waals surface area contributed by atoms with Crippen molar-refractivity contribution in [3.05, 3.63) is 40.8 Å². The third-order valence-electron chi connectivity index (χ3n) is 3.86. The van der Waals surface area contributed by atoms with Gasteiger partial charge < -0.3 is 9.84 Å². The van der Waals surface area contributed by atoms with E-state index in [1.54, 1.807) is 13.8 Å². The highest BCUT2D eigenvalue weighted by Crippen LogP contribution is 2.29. The summed E-state index contributed by atoms with van der Waals surface area (Å²) >= 11 is 0. The molecule has 12 heteroatoms. The molecule has 2 aromatic rings. The van der Waals surface area contributed by atoms with Crippen molar-refractivity contribution in [3.63, 3.8) is 0 Å². The third-order valence-corrected chi connectivity index (χ3v) is 4.79. The molecule has 0 spiro atoms. The van der Waals surface area contributed by atoms with Gasteiger partial charge in [0.05, 0.1) is 24.3 Å². The monoisotopic (exact) mass is 435 g/mol. The second-order valence-corrected chi connectivity index (χ2v) is 8.71. The van der Waals surface area contributed by atoms with Crippen LogP contribution in [0.2, 0.25) is 0 Å². The number of ether oxygens (including phenoxy) is 1. The molecule has 8 nitrogen and oxygen atoms in total. The van der Waals surface area contributed by atoms with Crippen molar-refractivity contribution in [2.45, 2.75) is 31.5 Å². The fourth-order valence-electron chi connectivity index (χ4n) is 2.24. The summed E-state index contributed by atoms with van der Waals surface area (Å²) < 4.78 is 66.6. The lowest BCUT2D eigenvalue weighted by Gasteiger charge is -2.23. The molecule has 1 heterocycles. The van der Waals surface area contributed by atoms with Gasteiger partial charge >= 0.3 is 11.7 Å². The molecule has 3 N–H and O–H groups in total. The zero-order valence-electron chi connectivity index (χ0n) is 15.6. The van der Waals surface area contributed by atoms with E-state index in [9.17, 15) is 31.5 Å². The lowest BCUT2D eigenvalue weighted by molar-refractivity contribution is -0.143. The van der Waals surface area contributed by atoms with Crippen molar-refractivity contribution in [3.8, 4) is 16.9 Å². The van der Waals surface area contributed by atoms with E-state index in [-0.39, 0.29) is 33.9 Å². The van der Waals surface area contributed by atoms with Crippen molar-refractivity contribution in [2.24, 2.45) is 10.6 Å². The molecule has 160 valence electrons. The molecule has 1 aromatic heterocycles. The quantitative estimate of drug-likeness (QED) is 0.679. The average molecular weight is 435 g/mol. The van der Waals surface area contributed by atoms with Crippen LogP contribution in [-0.4, -0.2) is 42.7 Å². The minimum atomic E-state index is -4.67. The van der Waals surface area contributed by atoms with E-state index < -0.39 is 39.5 Å². The number of hydrogen-bond donors (Lipinski definition) is 2. The molecule has 0 aliphatic rings. The number of alkyl halides is 3. The third kappa shape index (κ3) is 6.02. The standard InChI is InChI=1S/C17H20F3N3O5S/c1-16(2,9-24)10-28-14-13(7-22-23(15(14)25)8-17(18,19)20)11-3-5-12(6-4-11)29(21,26)27/h3-7,24H,8-10H2,1-2H3,(H2,21,26,27). The molecule has 1 aromatic carbocycles. The molecule has 0 aliphatic carbocycles. The average Bonchev–Trinajstić information content (AvgIpc) is 2.60. The first-order valence-electron chi connectivity index (χ1n) is 8.27. The molecule has 0 amide bonds. The maximum absolute atomic E-state index is 12.7. The minimum Gasteiger partial charge on any atom is -0.487 e. The minimum absolute atomic E-state index is 0.0723. The number of hydrogen-bond acceptors (Lipinski definition) is 6. The summed E-state index contributed by atoms with van der Waals surface area (Å²) in [5.74, 6) is -0.394. The topological polar surface area (TPSA) is 125 Å². The molecule has 29 heavy (non-hydrogen) atoms. The molecule has 2 rings (SSSR count). The van der Waals surface area contributed by atoms with Gasteiger partial charge in [0.15, 0.2) is 5.75 Å². The molecule has 0 aliphatic heterocycles. The predicted octanol–water partition coefficient (Wildman–Crippen LogP) is 1.52. The normalized spacial score (nSPS) is 12.8. The zero-order valence-corrected chi connectivity index (χ0v) is 16.4. The van der Waals surface area contributed by atoms with E-state index >= 15 is 0 Å². The summed E-state index contributed by atoms with van der Waals surface area (Å²) in [4.78, 5) is 12.4. The second-order valence-electron chi connectivity index (χ2n) is 7.15. The van der Waals surface area contributed by atoms with E-state index in [0.717, 1.165) is 6.20 Å². The van der Waals surface area contributed by atoms with Crippen LogP contribution in [0, 0.1) is 5.41 Å². The Morgan fingerprint density at radius 3 is 2.28 bits per heavy atom. The Kier molecular flexibility index (Phi) is 6.40. The molecule has 0 saturated carbocycles. The lowest BCUT2D eigenvalue weighted by atomic mass is 9.96. The van der Waals surface area contributed by atoms with E-state index in [2.05, 4.69) is 5.10 Å². The Balaban J connectivity index is 2.55. The smallest absolute Gasteiger partial charge is 0.408 e. The SMILES string of the molecule is CC(C)(CO)COc1c(-c2ccc(S(N)(=O)=O)cc2)cnn(CC(F)(F)F)c1=O. The molecule has 0 atom stereocenters. The fraction of sp³-hybridized carbons (Fsp3) is 0.412. The van der Waals surface area contributed by atoms with E-state index in [1.807, 2.05) is 0 Å². The van der Waals surface area contributed by atoms with E-state index in [0.29, 0.717) is 0 Å². The Hall–Kier alpha value is -2.44. The maximum Gasteiger partial charge on any atom is 0.408 e. The number of rotatable bonds is 7. The number of aliphatic hydroxyl groups is 1. The fourth-order valence-corrected chi connectivity index (χ4v) is 2.75. The van der Waals surface area contributed by atoms with Gasteiger partial charge in [-0.1, -0.05) is 26.0 Å². The van der Waals surface area contributed by atoms with Crippen LogP contribution in [-0.2, 0) is 16.6 Å². The zero-order chi connectivity index (χ0) is 22.0. The van der Waals surface area contributed by atoms with Crippen molar-refractivity contribution in [2.75, 3.05) is 13.2 Å². The van der Waals surface area contributed by atoms with Crippen molar-refractivity contribution >= 4 is 10.0 Å². The summed E-state index contributed by atoms with van der Waals surface area (Å²) in [5.41, 5.74) is -1.51. The highest BCUT2D eigenvalue weighted by atomic mass is 32.2. The van der Waals surface area contributed by atoms with Crippen LogP contribution in [0.5, 0.6) is 5.75 Å². The largest absolute Gasteiger partial charge is 0.487 e. The predicted molar refractivity (Wildman–Crippen MR) is 97.7 cm³/mol. The van der Waals surface area contributed by atoms with Crippen LogP contribution in [0.4, 0.5) is 13.2 Å². The van der Waals surface area contributed by atoms with Gasteiger partial charge in [-0.15, -0.1) is 0 Å². The Morgan fingerprint density at radius 1 is 1.21 bits per heavy atom. The van der Waals surface area contributed by atoms with Gasteiger partial charge in [-0.2, -0.15) is 18.3 Å². The molecular weight excluding hydrogens is 415 g/mol. The van der Waals surface area contributed by atoms with Gasteiger partial charge in [-0.3, -0.25) is 4.79 Å². The van der Waals surface area contributed by atoms with Crippen LogP contribution in [0.3, 0.4) is 0 Å². The first kappa shape index (κ1) is 22.8. The van der Waals surface area contributed by atoms with Gasteiger partial charge in [0.1, 0.15) is 6.54 Å². The molecular formula is C17H20F3N3O5S. The van der Waals surface area contributed by atoms with Crippen LogP contribution in [0.15, 0.2) is 40.2 Å². The highest BCUT2D eigenvalue weighted by Gasteiger charge is 2.30. The van der Waals surface area contributed by atoms with Gasteiger partial charge in [0.25, 0.3) is 0 Å². The van der Waals surface area contributed by atoms with Crippen molar-refractivity contribution < 1.29 is 31.4 Å². The van der Waals surface area contributed by atoms with Crippen LogP contribution < -0.4 is 15.4 Å². The number of benzene rings is 1. The number of sulfonamides is 1. The number of halogens is 3. The Bertz CT molecular complexity index is 1030. The van der Waals surface area contributed by atoms with Crippen LogP contribution in [0.25, 0.3) is 11.1 Å². The summed E-state index contributed by atoms with van der Waals surface area (Å²) in [6.45, 7) is 1.24. The Morgan fingerprint density at radius 2 is 1.79 bits per heavy atom. The van der Waals surface area contributed by atoms with E-state index in [4.69, 9.17) is 9.88 Å². The van der Waals surface area contributed by atoms with Crippen LogP contribution >= 0.6 is 0 Å². The van der Waals surface area contributed by atoms with E-state index in [1.165, 1.54) is 24.3 Å². The van der Waals surface area contributed by atoms with Gasteiger partial charge in [0, 0.05) is 11.0 Å². The van der Waals surface area contributed by atoms with Crippen molar-refractivity contribution in [1.82, 2.24) is 9.78 Å². The first-order valence-corrected chi connectivity index (χ1v) is 9.82. The van der Waals surface area contributed by atoms with Gasteiger partial charge in [-0.25, -0.2) is 18.2 Å². The number of nitrogens with zero attached hydrogens (tertiary/aromatic N) is 2. The van der Waals surface area contributed by atoms with Crippen molar-refractivity contribution in [1.29, 1.82) is 0 Å². The summed E-state index contributed by atoms with van der Waals surface area (Å²) in [6.07, 6.45) is -3.64. The van der Waals surface area contributed by atoms with Gasteiger partial charge in [0.2, 0.25) is 10.0 Å². The molecule has 0 unspecified atom stereocenters. The Labute approximate surface area is 164 Å². The number of aromatic nitrogens is 2. The first-order chi connectivity index (χ1) is 13.2. The summed E-state index contributed by atoms with van der Waals surface area (Å²) in [6, 6.07) is 5.03. The highest BCUT2D eigenvalue weighted by molar-refractivity contribution is 7.89. The van der Waals surface area contributed by atoms with Crippen LogP contribution in [0.1, 0.15) is 13.8 Å². The lowest BCUT2D eigenvalue weighted by Crippen LogP contribution is -2.33. The number of aliphatic hydroxyl groups excluding tert-OH is 1. The number of primary sulfonamides is 1. The number of nitrogens with two attached hydrogens (primary N) is 1. The molecule has 0 bridgehead atoms. The van der Waals surface area contributed by atoms with Gasteiger partial charge in [-0.05, 0) is 17.7 Å². The maximum atomic E-state index is 12.7. The summed E-state index contributed by atoms with van der Waals surface area (Å²) in [5, 5.41) is 17.9. The molecule has 0 fully saturated rings. The second kappa shape index (κ2) is 8.13. The summed E-state index contributed by atoms with van der Waals surface area (Å²) in [7, 11) is -3.95.